The van der Waals surface area contributed by atoms with Gasteiger partial charge in [-0.25, -0.2) is 18.0 Å². The summed E-state index contributed by atoms with van der Waals surface area (Å²) in [7, 11) is -2.16. The van der Waals surface area contributed by atoms with Gasteiger partial charge in [-0.15, -0.1) is 0 Å². The van der Waals surface area contributed by atoms with E-state index in [1.165, 1.54) is 19.9 Å². The lowest BCUT2D eigenvalue weighted by Crippen LogP contribution is -2.38. The highest BCUT2D eigenvalue weighted by atomic mass is 32.2. The summed E-state index contributed by atoms with van der Waals surface area (Å²) in [5.41, 5.74) is 0.538. The third kappa shape index (κ3) is 6.39. The summed E-state index contributed by atoms with van der Waals surface area (Å²) in [4.78, 5) is 47.3. The second kappa shape index (κ2) is 11.4. The molecule has 34 heavy (non-hydrogen) atoms. The molecular weight excluding hydrogens is 466 g/mol. The molecule has 12 heteroatoms. The van der Waals surface area contributed by atoms with E-state index < -0.39 is 39.3 Å². The Hall–Kier alpha value is -3.77. The number of benzene rings is 2. The Labute approximate surface area is 197 Å². The van der Waals surface area contributed by atoms with Gasteiger partial charge in [-0.05, 0) is 42.5 Å². The summed E-state index contributed by atoms with van der Waals surface area (Å²) in [5.74, 6) is -2.60. The molecule has 0 atom stereocenters. The third-order valence-corrected chi connectivity index (χ3v) is 6.55. The summed E-state index contributed by atoms with van der Waals surface area (Å²) in [6, 6.07) is 9.64. The predicted molar refractivity (Wildman–Crippen MR) is 123 cm³/mol. The maximum absolute atomic E-state index is 13.3. The predicted octanol–water partition coefficient (Wildman–Crippen LogP) is 1.87. The van der Waals surface area contributed by atoms with Crippen molar-refractivity contribution in [1.82, 2.24) is 4.31 Å². The van der Waals surface area contributed by atoms with Crippen LogP contribution in [0.1, 0.15) is 34.6 Å². The van der Waals surface area contributed by atoms with Crippen LogP contribution in [0, 0.1) is 0 Å². The zero-order chi connectivity index (χ0) is 25.5. The largest absolute Gasteiger partial charge is 0.465 e. The van der Waals surface area contributed by atoms with Crippen molar-refractivity contribution in [2.24, 2.45) is 0 Å². The highest BCUT2D eigenvalue weighted by Gasteiger charge is 2.31. The van der Waals surface area contributed by atoms with Crippen molar-refractivity contribution in [1.29, 1.82) is 0 Å². The summed E-state index contributed by atoms with van der Waals surface area (Å²) in [6.07, 6.45) is 0. The fourth-order valence-electron chi connectivity index (χ4n) is 2.97. The molecule has 2 aromatic rings. The smallest absolute Gasteiger partial charge is 0.339 e. The van der Waals surface area contributed by atoms with Gasteiger partial charge in [0.2, 0.25) is 21.8 Å². The standard InChI is InChI=1S/C22H25N3O8S/c1-5-25(13-20(27)24-17-9-7-16(8-10-17)23-14(2)26)34(30,31)19-12-15(21(28)32-3)6-11-18(19)22(29)33-4/h6-12H,5,13H2,1-4H3,(H,23,26)(H,24,27). The molecule has 0 fully saturated rings. The molecule has 0 bridgehead atoms. The fraction of sp³-hybridized carbons (Fsp3) is 0.273. The van der Waals surface area contributed by atoms with Crippen LogP contribution in [0.4, 0.5) is 11.4 Å². The second-order valence-corrected chi connectivity index (χ2v) is 8.84. The average molecular weight is 492 g/mol. The molecule has 0 aliphatic heterocycles. The first-order valence-electron chi connectivity index (χ1n) is 10.0. The number of ether oxygens (including phenoxy) is 2. The highest BCUT2D eigenvalue weighted by molar-refractivity contribution is 7.89. The van der Waals surface area contributed by atoms with E-state index in [-0.39, 0.29) is 23.6 Å². The molecule has 0 aromatic heterocycles. The molecule has 0 radical (unpaired) electrons. The molecule has 0 spiro atoms. The molecule has 2 amide bonds. The molecular formula is C22H25N3O8S. The van der Waals surface area contributed by atoms with Crippen LogP contribution in [0.5, 0.6) is 0 Å². The molecule has 2 aromatic carbocycles. The van der Waals surface area contributed by atoms with E-state index in [1.54, 1.807) is 24.3 Å². The van der Waals surface area contributed by atoms with Crippen LogP contribution in [0.3, 0.4) is 0 Å². The normalized spacial score (nSPS) is 11.0. The summed E-state index contributed by atoms with van der Waals surface area (Å²) in [5, 5.41) is 5.17. The Morgan fingerprint density at radius 3 is 1.94 bits per heavy atom. The van der Waals surface area contributed by atoms with Gasteiger partial charge in [-0.1, -0.05) is 6.92 Å². The number of nitrogens with zero attached hydrogens (tertiary/aromatic N) is 1. The Morgan fingerprint density at radius 1 is 0.882 bits per heavy atom. The second-order valence-electron chi connectivity index (χ2n) is 6.93. The van der Waals surface area contributed by atoms with E-state index in [1.807, 2.05) is 0 Å². The minimum Gasteiger partial charge on any atom is -0.465 e. The Morgan fingerprint density at radius 2 is 1.44 bits per heavy atom. The van der Waals surface area contributed by atoms with Crippen molar-refractivity contribution in [3.05, 3.63) is 53.6 Å². The number of nitrogens with one attached hydrogen (secondary N) is 2. The van der Waals surface area contributed by atoms with Crippen LogP contribution in [-0.2, 0) is 29.1 Å². The van der Waals surface area contributed by atoms with Crippen molar-refractivity contribution in [2.45, 2.75) is 18.7 Å². The van der Waals surface area contributed by atoms with Crippen molar-refractivity contribution >= 4 is 45.2 Å². The molecule has 11 nitrogen and oxygen atoms in total. The quantitative estimate of drug-likeness (QED) is 0.505. The molecule has 0 unspecified atom stereocenters. The van der Waals surface area contributed by atoms with Crippen LogP contribution in [-0.4, -0.2) is 63.8 Å². The number of hydrogen-bond donors (Lipinski definition) is 2. The van der Waals surface area contributed by atoms with Crippen LogP contribution < -0.4 is 10.6 Å². The first-order chi connectivity index (χ1) is 16.0. The Balaban J connectivity index is 2.31. The fourth-order valence-corrected chi connectivity index (χ4v) is 4.58. The number of hydrogen-bond acceptors (Lipinski definition) is 8. The Kier molecular flexibility index (Phi) is 8.87. The summed E-state index contributed by atoms with van der Waals surface area (Å²) >= 11 is 0. The molecule has 0 heterocycles. The van der Waals surface area contributed by atoms with Crippen LogP contribution in [0.25, 0.3) is 0 Å². The molecule has 2 N–H and O–H groups in total. The average Bonchev–Trinajstić information content (AvgIpc) is 2.81. The minimum absolute atomic E-state index is 0.0894. The number of rotatable bonds is 9. The number of esters is 2. The lowest BCUT2D eigenvalue weighted by Gasteiger charge is -2.21. The van der Waals surface area contributed by atoms with Crippen molar-refractivity contribution in [3.8, 4) is 0 Å². The molecule has 0 aliphatic carbocycles. The van der Waals surface area contributed by atoms with E-state index in [2.05, 4.69) is 20.1 Å². The van der Waals surface area contributed by atoms with Gasteiger partial charge in [0.1, 0.15) is 0 Å². The lowest BCUT2D eigenvalue weighted by molar-refractivity contribution is -0.116. The SMILES string of the molecule is CCN(CC(=O)Nc1ccc(NC(C)=O)cc1)S(=O)(=O)c1cc(C(=O)OC)ccc1C(=O)OC. The topological polar surface area (TPSA) is 148 Å². The number of anilines is 2. The maximum atomic E-state index is 13.3. The number of likely N-dealkylation sites (N-methyl/N-ethyl adjacent to an activating group) is 1. The monoisotopic (exact) mass is 491 g/mol. The molecule has 2 rings (SSSR count). The van der Waals surface area contributed by atoms with E-state index >= 15 is 0 Å². The van der Waals surface area contributed by atoms with E-state index in [4.69, 9.17) is 0 Å². The highest BCUT2D eigenvalue weighted by Crippen LogP contribution is 2.24. The van der Waals surface area contributed by atoms with Crippen molar-refractivity contribution in [2.75, 3.05) is 37.9 Å². The summed E-state index contributed by atoms with van der Waals surface area (Å²) in [6.45, 7) is 2.23. The molecule has 0 saturated carbocycles. The summed E-state index contributed by atoms with van der Waals surface area (Å²) < 4.78 is 36.8. The minimum atomic E-state index is -4.39. The first kappa shape index (κ1) is 26.5. The van der Waals surface area contributed by atoms with Crippen LogP contribution in [0.15, 0.2) is 47.4 Å². The molecule has 0 saturated heterocycles. The van der Waals surface area contributed by atoms with Gasteiger partial charge in [0.15, 0.2) is 0 Å². The molecule has 182 valence electrons. The number of carbonyl (C=O) groups excluding carboxylic acids is 4. The van der Waals surface area contributed by atoms with Gasteiger partial charge in [0.25, 0.3) is 0 Å². The zero-order valence-electron chi connectivity index (χ0n) is 19.1. The number of methoxy groups -OCH3 is 2. The van der Waals surface area contributed by atoms with Gasteiger partial charge < -0.3 is 20.1 Å². The van der Waals surface area contributed by atoms with E-state index in [9.17, 15) is 27.6 Å². The lowest BCUT2D eigenvalue weighted by atomic mass is 10.1. The van der Waals surface area contributed by atoms with E-state index in [0.29, 0.717) is 11.4 Å². The Bertz CT molecular complexity index is 1190. The third-order valence-electron chi connectivity index (χ3n) is 4.59. The van der Waals surface area contributed by atoms with E-state index in [0.717, 1.165) is 30.7 Å². The van der Waals surface area contributed by atoms with Crippen molar-refractivity contribution in [3.63, 3.8) is 0 Å². The number of carbonyl (C=O) groups is 4. The van der Waals surface area contributed by atoms with Gasteiger partial charge >= 0.3 is 11.9 Å². The number of amides is 2. The zero-order valence-corrected chi connectivity index (χ0v) is 19.9. The van der Waals surface area contributed by atoms with Gasteiger partial charge in [-0.3, -0.25) is 9.59 Å². The van der Waals surface area contributed by atoms with Gasteiger partial charge in [-0.2, -0.15) is 4.31 Å². The van der Waals surface area contributed by atoms with Gasteiger partial charge in [0, 0.05) is 24.8 Å². The maximum Gasteiger partial charge on any atom is 0.339 e. The van der Waals surface area contributed by atoms with Crippen LogP contribution >= 0.6 is 0 Å². The van der Waals surface area contributed by atoms with Crippen LogP contribution in [0.2, 0.25) is 0 Å². The number of sulfonamides is 1. The first-order valence-corrected chi connectivity index (χ1v) is 11.5. The molecule has 0 aliphatic rings. The van der Waals surface area contributed by atoms with Gasteiger partial charge in [0.05, 0.1) is 36.8 Å². The van der Waals surface area contributed by atoms with Crippen molar-refractivity contribution < 1.29 is 37.1 Å².